The summed E-state index contributed by atoms with van der Waals surface area (Å²) in [6.07, 6.45) is 3.09. The van der Waals surface area contributed by atoms with Gasteiger partial charge in [-0.15, -0.1) is 0 Å². The van der Waals surface area contributed by atoms with Gasteiger partial charge in [0.1, 0.15) is 23.6 Å². The number of hydrogen-bond donors (Lipinski definition) is 2. The number of nitrogens with zero attached hydrogens (tertiary/aromatic N) is 2. The maximum Gasteiger partial charge on any atom is 0.400 e. The number of nitrogens with one attached hydrogen (secondary N) is 1. The third-order valence-electron chi connectivity index (χ3n) is 6.99. The number of H-pyrrole nitrogens is 1. The molecule has 1 unspecified atom stereocenters. The van der Waals surface area contributed by atoms with Gasteiger partial charge < -0.3 is 24.0 Å². The van der Waals surface area contributed by atoms with E-state index in [4.69, 9.17) is 13.9 Å². The molecule has 2 N–H and O–H groups in total. The van der Waals surface area contributed by atoms with Gasteiger partial charge in [-0.1, -0.05) is 12.1 Å². The number of rotatable bonds is 10. The molecule has 3 heterocycles. The number of fused-ring (bicyclic) bond motifs is 1. The van der Waals surface area contributed by atoms with Crippen LogP contribution in [0.1, 0.15) is 25.5 Å². The molecule has 0 aliphatic carbocycles. The van der Waals surface area contributed by atoms with Crippen LogP contribution in [-0.4, -0.2) is 58.0 Å². The SMILES string of the molecule is CC(C(=O)O)(C(=O)C1CCN(CCOc2ccc(Oc3nc4ccccc4o3)cc2)CC1)c1ccc[nH]1. The molecule has 1 atom stereocenters. The lowest BCUT2D eigenvalue weighted by Crippen LogP contribution is -2.48. The number of Topliss-reactive ketones (excluding diaryl/α,β-unsaturated/α-hetero) is 1. The van der Waals surface area contributed by atoms with E-state index < -0.39 is 11.4 Å². The molecule has 1 saturated heterocycles. The number of benzene rings is 2. The van der Waals surface area contributed by atoms with E-state index in [0.29, 0.717) is 36.5 Å². The first kappa shape index (κ1) is 24.6. The first-order valence-electron chi connectivity index (χ1n) is 12.3. The first-order valence-corrected chi connectivity index (χ1v) is 12.3. The Morgan fingerprint density at radius 1 is 1.08 bits per heavy atom. The van der Waals surface area contributed by atoms with Gasteiger partial charge in [0.25, 0.3) is 0 Å². The van der Waals surface area contributed by atoms with Crippen molar-refractivity contribution in [2.75, 3.05) is 26.2 Å². The van der Waals surface area contributed by atoms with Gasteiger partial charge in [-0.25, -0.2) is 0 Å². The number of carbonyl (C=O) groups excluding carboxylic acids is 1. The molecule has 0 spiro atoms. The quantitative estimate of drug-likeness (QED) is 0.300. The summed E-state index contributed by atoms with van der Waals surface area (Å²) >= 11 is 0. The largest absolute Gasteiger partial charge is 0.492 e. The molecule has 5 rings (SSSR count). The average Bonchev–Trinajstić information content (AvgIpc) is 3.59. The zero-order valence-corrected chi connectivity index (χ0v) is 20.6. The average molecular weight is 504 g/mol. The van der Waals surface area contributed by atoms with Crippen LogP contribution in [0.25, 0.3) is 11.1 Å². The number of carboxylic acid groups (broad SMARTS) is 1. The maximum atomic E-state index is 13.2. The Hall–Kier alpha value is -4.11. The number of carbonyl (C=O) groups is 2. The third-order valence-corrected chi connectivity index (χ3v) is 6.99. The number of piperidine rings is 1. The molecule has 4 aromatic rings. The highest BCUT2D eigenvalue weighted by molar-refractivity contribution is 6.09. The van der Waals surface area contributed by atoms with Gasteiger partial charge in [-0.3, -0.25) is 14.5 Å². The van der Waals surface area contributed by atoms with Crippen LogP contribution in [-0.2, 0) is 15.0 Å². The van der Waals surface area contributed by atoms with Gasteiger partial charge in [0.05, 0.1) is 0 Å². The molecule has 192 valence electrons. The highest BCUT2D eigenvalue weighted by Crippen LogP contribution is 2.32. The number of aromatic nitrogens is 2. The van der Waals surface area contributed by atoms with Crippen LogP contribution in [0.2, 0.25) is 0 Å². The van der Waals surface area contributed by atoms with E-state index in [0.717, 1.165) is 30.9 Å². The summed E-state index contributed by atoms with van der Waals surface area (Å²) in [6, 6.07) is 18.1. The fraction of sp³-hybridized carbons (Fsp3) is 0.321. The van der Waals surface area contributed by atoms with Crippen molar-refractivity contribution in [2.45, 2.75) is 25.2 Å². The van der Waals surface area contributed by atoms with Crippen LogP contribution in [0.4, 0.5) is 0 Å². The Morgan fingerprint density at radius 3 is 2.49 bits per heavy atom. The van der Waals surface area contributed by atoms with Crippen LogP contribution in [0, 0.1) is 5.92 Å². The fourth-order valence-corrected chi connectivity index (χ4v) is 4.71. The van der Waals surface area contributed by atoms with Gasteiger partial charge in [-0.05, 0) is 81.4 Å². The summed E-state index contributed by atoms with van der Waals surface area (Å²) < 4.78 is 17.2. The lowest BCUT2D eigenvalue weighted by molar-refractivity contribution is -0.150. The van der Waals surface area contributed by atoms with Crippen LogP contribution >= 0.6 is 0 Å². The Labute approximate surface area is 214 Å². The zero-order valence-electron chi connectivity index (χ0n) is 20.6. The van der Waals surface area contributed by atoms with E-state index >= 15 is 0 Å². The molecule has 0 radical (unpaired) electrons. The molecule has 1 aliphatic rings. The summed E-state index contributed by atoms with van der Waals surface area (Å²) in [4.78, 5) is 34.7. The zero-order chi connectivity index (χ0) is 25.8. The summed E-state index contributed by atoms with van der Waals surface area (Å²) in [7, 11) is 0. The standard InChI is InChI=1S/C28H29N3O6/c1-28(26(33)34,24-7-4-14-29-24)25(32)19-12-15-31(16-13-19)17-18-35-20-8-10-21(11-9-20)36-27-30-22-5-2-3-6-23(22)37-27/h2-11,14,19,29H,12-13,15-18H2,1H3,(H,33,34). The molecular weight excluding hydrogens is 474 g/mol. The van der Waals surface area contributed by atoms with E-state index in [1.165, 1.54) is 6.92 Å². The minimum Gasteiger partial charge on any atom is -0.492 e. The number of carboxylic acids is 1. The van der Waals surface area contributed by atoms with Crippen molar-refractivity contribution in [2.24, 2.45) is 5.92 Å². The molecule has 0 amide bonds. The molecule has 1 aliphatic heterocycles. The Kier molecular flexibility index (Phi) is 6.96. The second kappa shape index (κ2) is 10.5. The smallest absolute Gasteiger partial charge is 0.400 e. The summed E-state index contributed by atoms with van der Waals surface area (Å²) in [5.74, 6) is -0.327. The second-order valence-corrected chi connectivity index (χ2v) is 9.36. The number of ketones is 1. The Balaban J connectivity index is 1.08. The maximum absolute atomic E-state index is 13.2. The monoisotopic (exact) mass is 503 g/mol. The second-order valence-electron chi connectivity index (χ2n) is 9.36. The van der Waals surface area contributed by atoms with Gasteiger partial charge in [0.2, 0.25) is 0 Å². The van der Waals surface area contributed by atoms with Crippen molar-refractivity contribution in [3.63, 3.8) is 0 Å². The molecule has 2 aromatic heterocycles. The third kappa shape index (κ3) is 5.22. The van der Waals surface area contributed by atoms with Crippen molar-refractivity contribution >= 4 is 22.9 Å². The highest BCUT2D eigenvalue weighted by atomic mass is 16.6. The van der Waals surface area contributed by atoms with Crippen LogP contribution in [0.3, 0.4) is 0 Å². The summed E-state index contributed by atoms with van der Waals surface area (Å²) in [5, 5.41) is 9.82. The van der Waals surface area contributed by atoms with Gasteiger partial charge in [-0.2, -0.15) is 4.98 Å². The number of aliphatic carboxylic acids is 1. The lowest BCUT2D eigenvalue weighted by Gasteiger charge is -2.34. The van der Waals surface area contributed by atoms with E-state index in [9.17, 15) is 14.7 Å². The number of oxazole rings is 1. The van der Waals surface area contributed by atoms with Crippen molar-refractivity contribution in [1.82, 2.24) is 14.9 Å². The Bertz CT molecular complexity index is 1320. The Morgan fingerprint density at radius 2 is 1.81 bits per heavy atom. The molecule has 1 fully saturated rings. The van der Waals surface area contributed by atoms with E-state index in [1.807, 2.05) is 36.4 Å². The van der Waals surface area contributed by atoms with Crippen LogP contribution in [0.5, 0.6) is 17.6 Å². The predicted octanol–water partition coefficient (Wildman–Crippen LogP) is 4.65. The summed E-state index contributed by atoms with van der Waals surface area (Å²) in [5.41, 5.74) is 0.270. The lowest BCUT2D eigenvalue weighted by atomic mass is 9.74. The van der Waals surface area contributed by atoms with Gasteiger partial charge in [0, 0.05) is 24.4 Å². The minimum atomic E-state index is -1.56. The predicted molar refractivity (Wildman–Crippen MR) is 136 cm³/mol. The highest BCUT2D eigenvalue weighted by Gasteiger charge is 2.47. The van der Waals surface area contributed by atoms with E-state index in [-0.39, 0.29) is 17.8 Å². The molecular formula is C28H29N3O6. The normalized spacial score (nSPS) is 16.4. The fourth-order valence-electron chi connectivity index (χ4n) is 4.71. The van der Waals surface area contributed by atoms with Gasteiger partial charge >= 0.3 is 12.0 Å². The molecule has 9 nitrogen and oxygen atoms in total. The van der Waals surface area contributed by atoms with Crippen molar-refractivity contribution in [3.05, 3.63) is 72.6 Å². The van der Waals surface area contributed by atoms with Crippen molar-refractivity contribution in [3.8, 4) is 17.6 Å². The number of hydrogen-bond acceptors (Lipinski definition) is 7. The number of ether oxygens (including phenoxy) is 2. The molecule has 37 heavy (non-hydrogen) atoms. The van der Waals surface area contributed by atoms with Crippen LogP contribution in [0.15, 0.2) is 71.3 Å². The molecule has 9 heteroatoms. The summed E-state index contributed by atoms with van der Waals surface area (Å²) in [6.45, 7) is 4.15. The molecule has 2 aromatic carbocycles. The number of likely N-dealkylation sites (tertiary alicyclic amines) is 1. The van der Waals surface area contributed by atoms with E-state index in [2.05, 4.69) is 14.9 Å². The van der Waals surface area contributed by atoms with Crippen molar-refractivity contribution < 1.29 is 28.6 Å². The molecule has 0 saturated carbocycles. The van der Waals surface area contributed by atoms with Gasteiger partial charge in [0.15, 0.2) is 16.8 Å². The molecule has 0 bridgehead atoms. The van der Waals surface area contributed by atoms with Crippen molar-refractivity contribution in [1.29, 1.82) is 0 Å². The first-order chi connectivity index (χ1) is 17.9. The number of aromatic amines is 1. The topological polar surface area (TPSA) is 118 Å². The minimum absolute atomic E-state index is 0.188. The number of para-hydroxylation sites is 2. The van der Waals surface area contributed by atoms with E-state index in [1.54, 1.807) is 30.5 Å². The van der Waals surface area contributed by atoms with Crippen LogP contribution < -0.4 is 9.47 Å².